The van der Waals surface area contributed by atoms with Gasteiger partial charge in [-0.3, -0.25) is 4.79 Å². The number of hydrogen-bond acceptors (Lipinski definition) is 6. The molecule has 0 spiro atoms. The van der Waals surface area contributed by atoms with Gasteiger partial charge < -0.3 is 19.9 Å². The third-order valence-corrected chi connectivity index (χ3v) is 6.48. The first kappa shape index (κ1) is 20.5. The van der Waals surface area contributed by atoms with E-state index in [1.807, 2.05) is 18.0 Å². The molecular formula is C22H35N5O2. The summed E-state index contributed by atoms with van der Waals surface area (Å²) in [6, 6.07) is 0. The van der Waals surface area contributed by atoms with E-state index in [0.29, 0.717) is 19.0 Å². The highest BCUT2D eigenvalue weighted by Gasteiger charge is 2.31. The number of carbonyl (C=O) groups is 1. The monoisotopic (exact) mass is 401 g/mol. The maximum Gasteiger partial charge on any atom is 0.248 e. The minimum absolute atomic E-state index is 0.00244. The van der Waals surface area contributed by atoms with Gasteiger partial charge in [-0.15, -0.1) is 0 Å². The van der Waals surface area contributed by atoms with Gasteiger partial charge in [0.05, 0.1) is 6.10 Å². The molecule has 1 aliphatic carbocycles. The van der Waals surface area contributed by atoms with Gasteiger partial charge in [-0.1, -0.05) is 6.92 Å². The molecule has 2 saturated heterocycles. The number of morpholine rings is 1. The van der Waals surface area contributed by atoms with Gasteiger partial charge >= 0.3 is 0 Å². The van der Waals surface area contributed by atoms with Gasteiger partial charge in [0.2, 0.25) is 5.91 Å². The second kappa shape index (κ2) is 9.39. The number of nitrogens with one attached hydrogen (secondary N) is 1. The van der Waals surface area contributed by atoms with Gasteiger partial charge in [0.15, 0.2) is 0 Å². The molecule has 3 aliphatic rings. The zero-order valence-electron chi connectivity index (χ0n) is 17.9. The number of hydrogen-bond donors (Lipinski definition) is 1. The number of anilines is 1. The van der Waals surface area contributed by atoms with Crippen LogP contribution in [0.15, 0.2) is 6.20 Å². The molecule has 1 saturated carbocycles. The predicted molar refractivity (Wildman–Crippen MR) is 113 cm³/mol. The SMILES string of the molecule is CCc1cnc(C)nc1NC[C@@H]1CN(CC2CCN(CC3CC3)CC2)C(=O)CO1. The lowest BCUT2D eigenvalue weighted by molar-refractivity contribution is -0.149. The van der Waals surface area contributed by atoms with Crippen LogP contribution in [0.25, 0.3) is 0 Å². The Balaban J connectivity index is 1.25. The first-order chi connectivity index (χ1) is 14.1. The fraction of sp³-hybridized carbons (Fsp3) is 0.773. The molecule has 29 heavy (non-hydrogen) atoms. The topological polar surface area (TPSA) is 70.6 Å². The van der Waals surface area contributed by atoms with Gasteiger partial charge in [-0.05, 0) is 64.0 Å². The summed E-state index contributed by atoms with van der Waals surface area (Å²) < 4.78 is 5.80. The van der Waals surface area contributed by atoms with Crippen molar-refractivity contribution in [1.29, 1.82) is 0 Å². The summed E-state index contributed by atoms with van der Waals surface area (Å²) in [5.74, 6) is 3.37. The number of likely N-dealkylation sites (tertiary alicyclic amines) is 1. The summed E-state index contributed by atoms with van der Waals surface area (Å²) in [6.07, 6.45) is 8.04. The Hall–Kier alpha value is -1.73. The van der Waals surface area contributed by atoms with Crippen LogP contribution in [0.2, 0.25) is 0 Å². The van der Waals surface area contributed by atoms with E-state index in [-0.39, 0.29) is 18.6 Å². The fourth-order valence-electron chi connectivity index (χ4n) is 4.43. The predicted octanol–water partition coefficient (Wildman–Crippen LogP) is 2.11. The summed E-state index contributed by atoms with van der Waals surface area (Å²) in [5, 5.41) is 3.42. The number of amides is 1. The van der Waals surface area contributed by atoms with Gasteiger partial charge in [0, 0.05) is 37.9 Å². The molecule has 7 heteroatoms. The van der Waals surface area contributed by atoms with Crippen molar-refractivity contribution in [2.75, 3.05) is 51.2 Å². The number of aromatic nitrogens is 2. The van der Waals surface area contributed by atoms with Gasteiger partial charge in [-0.25, -0.2) is 9.97 Å². The van der Waals surface area contributed by atoms with Crippen molar-refractivity contribution >= 4 is 11.7 Å². The number of rotatable bonds is 8. The largest absolute Gasteiger partial charge is 0.367 e. The molecule has 0 bridgehead atoms. The highest BCUT2D eigenvalue weighted by Crippen LogP contribution is 2.31. The molecule has 7 nitrogen and oxygen atoms in total. The lowest BCUT2D eigenvalue weighted by Crippen LogP contribution is -2.51. The Labute approximate surface area is 174 Å². The van der Waals surface area contributed by atoms with Crippen molar-refractivity contribution in [3.05, 3.63) is 17.6 Å². The Morgan fingerprint density at radius 1 is 1.17 bits per heavy atom. The normalized spacial score (nSPS) is 24.1. The Bertz CT molecular complexity index is 700. The molecular weight excluding hydrogens is 366 g/mol. The highest BCUT2D eigenvalue weighted by molar-refractivity contribution is 5.78. The van der Waals surface area contributed by atoms with Crippen LogP contribution in [-0.2, 0) is 16.0 Å². The van der Waals surface area contributed by atoms with Crippen molar-refractivity contribution < 1.29 is 9.53 Å². The van der Waals surface area contributed by atoms with Crippen LogP contribution < -0.4 is 5.32 Å². The summed E-state index contributed by atoms with van der Waals surface area (Å²) in [5.41, 5.74) is 1.11. The number of aryl methyl sites for hydroxylation is 2. The molecule has 4 rings (SSSR count). The third kappa shape index (κ3) is 5.66. The van der Waals surface area contributed by atoms with Crippen molar-refractivity contribution in [1.82, 2.24) is 19.8 Å². The number of nitrogens with zero attached hydrogens (tertiary/aromatic N) is 4. The molecule has 160 valence electrons. The second-order valence-electron chi connectivity index (χ2n) is 8.94. The number of carbonyl (C=O) groups excluding carboxylic acids is 1. The van der Waals surface area contributed by atoms with Gasteiger partial charge in [0.25, 0.3) is 0 Å². The average Bonchev–Trinajstić information content (AvgIpc) is 3.54. The maximum atomic E-state index is 12.4. The average molecular weight is 402 g/mol. The summed E-state index contributed by atoms with van der Waals surface area (Å²) in [7, 11) is 0. The van der Waals surface area contributed by atoms with E-state index in [4.69, 9.17) is 4.74 Å². The van der Waals surface area contributed by atoms with Crippen LogP contribution in [-0.4, -0.2) is 77.7 Å². The maximum absolute atomic E-state index is 12.4. The van der Waals surface area contributed by atoms with E-state index < -0.39 is 0 Å². The summed E-state index contributed by atoms with van der Waals surface area (Å²) in [6.45, 7) is 10.1. The zero-order chi connectivity index (χ0) is 20.2. The lowest BCUT2D eigenvalue weighted by Gasteiger charge is -2.38. The van der Waals surface area contributed by atoms with Crippen molar-refractivity contribution in [2.24, 2.45) is 11.8 Å². The van der Waals surface area contributed by atoms with E-state index in [9.17, 15) is 4.79 Å². The van der Waals surface area contributed by atoms with E-state index in [1.54, 1.807) is 0 Å². The molecule has 3 heterocycles. The van der Waals surface area contributed by atoms with Gasteiger partial charge in [0.1, 0.15) is 18.2 Å². The Morgan fingerprint density at radius 3 is 2.66 bits per heavy atom. The standard InChI is InChI=1S/C22H35N5O2/c1-3-19-10-23-16(2)25-22(19)24-11-20-14-27(21(28)15-29-20)13-18-6-8-26(9-7-18)12-17-4-5-17/h10,17-18,20H,3-9,11-15H2,1-2H3,(H,23,24,25)/t20-/m1/s1. The van der Waals surface area contributed by atoms with Crippen molar-refractivity contribution in [3.8, 4) is 0 Å². The second-order valence-corrected chi connectivity index (χ2v) is 8.94. The Kier molecular flexibility index (Phi) is 6.65. The van der Waals surface area contributed by atoms with Crippen LogP contribution in [0.4, 0.5) is 5.82 Å². The lowest BCUT2D eigenvalue weighted by atomic mass is 9.95. The minimum Gasteiger partial charge on any atom is -0.367 e. The molecule has 1 aromatic heterocycles. The molecule has 0 aromatic carbocycles. The van der Waals surface area contributed by atoms with Crippen LogP contribution in [0, 0.1) is 18.8 Å². The van der Waals surface area contributed by atoms with Gasteiger partial charge in [-0.2, -0.15) is 0 Å². The van der Waals surface area contributed by atoms with Crippen LogP contribution in [0.5, 0.6) is 0 Å². The summed E-state index contributed by atoms with van der Waals surface area (Å²) in [4.78, 5) is 25.9. The Morgan fingerprint density at radius 2 is 1.93 bits per heavy atom. The highest BCUT2D eigenvalue weighted by atomic mass is 16.5. The molecule has 1 atom stereocenters. The fourth-order valence-corrected chi connectivity index (χ4v) is 4.43. The molecule has 0 unspecified atom stereocenters. The van der Waals surface area contributed by atoms with E-state index >= 15 is 0 Å². The minimum atomic E-state index is 0.00244. The first-order valence-corrected chi connectivity index (χ1v) is 11.3. The van der Waals surface area contributed by atoms with Crippen LogP contribution in [0.3, 0.4) is 0 Å². The molecule has 1 amide bonds. The molecule has 0 radical (unpaired) electrons. The first-order valence-electron chi connectivity index (χ1n) is 11.3. The number of piperidine rings is 1. The molecule has 1 aromatic rings. The van der Waals surface area contributed by atoms with Crippen LogP contribution in [0.1, 0.15) is 44.0 Å². The molecule has 3 fully saturated rings. The van der Waals surface area contributed by atoms with E-state index in [2.05, 4.69) is 27.1 Å². The van der Waals surface area contributed by atoms with E-state index in [0.717, 1.165) is 36.1 Å². The van der Waals surface area contributed by atoms with Crippen LogP contribution >= 0.6 is 0 Å². The molecule has 2 aliphatic heterocycles. The molecule has 1 N–H and O–H groups in total. The van der Waals surface area contributed by atoms with E-state index in [1.165, 1.54) is 45.3 Å². The number of ether oxygens (including phenoxy) is 1. The quantitative estimate of drug-likeness (QED) is 0.719. The van der Waals surface area contributed by atoms with Crippen molar-refractivity contribution in [3.63, 3.8) is 0 Å². The summed E-state index contributed by atoms with van der Waals surface area (Å²) >= 11 is 0. The van der Waals surface area contributed by atoms with Crippen molar-refractivity contribution in [2.45, 2.75) is 52.1 Å². The third-order valence-electron chi connectivity index (χ3n) is 6.48. The zero-order valence-corrected chi connectivity index (χ0v) is 17.9. The smallest absolute Gasteiger partial charge is 0.248 e.